The first-order valence-electron chi connectivity index (χ1n) is 10.3. The maximum atomic E-state index is 13.2. The van der Waals surface area contributed by atoms with Crippen molar-refractivity contribution >= 4 is 17.4 Å². The Morgan fingerprint density at radius 2 is 1.88 bits per heavy atom. The average molecular weight is 433 g/mol. The summed E-state index contributed by atoms with van der Waals surface area (Å²) in [4.78, 5) is 27.8. The van der Waals surface area contributed by atoms with E-state index in [1.54, 1.807) is 54.6 Å². The van der Waals surface area contributed by atoms with Crippen LogP contribution >= 0.6 is 0 Å². The van der Waals surface area contributed by atoms with E-state index in [0.29, 0.717) is 29.4 Å². The van der Waals surface area contributed by atoms with Crippen LogP contribution in [0.5, 0.6) is 11.5 Å². The van der Waals surface area contributed by atoms with Crippen LogP contribution in [0.15, 0.2) is 82.7 Å². The van der Waals surface area contributed by atoms with Crippen molar-refractivity contribution in [3.05, 3.63) is 89.6 Å². The van der Waals surface area contributed by atoms with Crippen molar-refractivity contribution in [2.45, 2.75) is 19.4 Å². The zero-order valence-electron chi connectivity index (χ0n) is 17.8. The van der Waals surface area contributed by atoms with Gasteiger partial charge >= 0.3 is 0 Å². The molecule has 1 N–H and O–H groups in total. The number of aliphatic hydroxyl groups excluding tert-OH is 1. The van der Waals surface area contributed by atoms with Crippen molar-refractivity contribution in [1.82, 2.24) is 0 Å². The van der Waals surface area contributed by atoms with E-state index >= 15 is 0 Å². The highest BCUT2D eigenvalue weighted by molar-refractivity contribution is 6.20. The first-order valence-corrected chi connectivity index (χ1v) is 10.3. The lowest BCUT2D eigenvalue weighted by Gasteiger charge is -2.27. The number of carbonyl (C=O) groups excluding carboxylic acids is 2. The number of hydrogen-bond donors (Lipinski definition) is 1. The molecule has 2 heterocycles. The van der Waals surface area contributed by atoms with Crippen LogP contribution in [0, 0.1) is 0 Å². The van der Waals surface area contributed by atoms with Crippen LogP contribution in [-0.2, 0) is 4.79 Å². The van der Waals surface area contributed by atoms with E-state index in [1.165, 1.54) is 24.3 Å². The molecule has 0 radical (unpaired) electrons. The molecule has 0 saturated heterocycles. The number of ether oxygens (including phenoxy) is 2. The Labute approximate surface area is 185 Å². The van der Waals surface area contributed by atoms with Crippen molar-refractivity contribution in [2.24, 2.45) is 0 Å². The van der Waals surface area contributed by atoms with Gasteiger partial charge in [0.1, 0.15) is 11.5 Å². The summed E-state index contributed by atoms with van der Waals surface area (Å²) < 4.78 is 16.3. The van der Waals surface area contributed by atoms with E-state index in [0.717, 1.165) is 6.42 Å². The predicted molar refractivity (Wildman–Crippen MR) is 118 cm³/mol. The first-order chi connectivity index (χ1) is 15.5. The molecule has 1 aliphatic heterocycles. The summed E-state index contributed by atoms with van der Waals surface area (Å²) in [6, 6.07) is 16.2. The van der Waals surface area contributed by atoms with E-state index in [9.17, 15) is 14.7 Å². The van der Waals surface area contributed by atoms with Crippen molar-refractivity contribution in [1.29, 1.82) is 0 Å². The van der Waals surface area contributed by atoms with Gasteiger partial charge in [-0.1, -0.05) is 25.1 Å². The molecule has 0 saturated carbocycles. The largest absolute Gasteiger partial charge is 0.503 e. The zero-order valence-corrected chi connectivity index (χ0v) is 17.8. The Morgan fingerprint density at radius 3 is 2.59 bits per heavy atom. The molecule has 0 aliphatic carbocycles. The van der Waals surface area contributed by atoms with Crippen LogP contribution in [0.1, 0.15) is 35.5 Å². The van der Waals surface area contributed by atoms with Crippen LogP contribution in [0.25, 0.3) is 0 Å². The second-order valence-corrected chi connectivity index (χ2v) is 7.27. The number of hydrogen-bond acceptors (Lipinski definition) is 6. The SMILES string of the molecule is CCCOc1cccc(N2C(=O)C(O)=C(C(=O)c3ccco3)C2c2cccc(OC)c2)c1. The third-order valence-corrected chi connectivity index (χ3v) is 5.18. The molecule has 0 bridgehead atoms. The summed E-state index contributed by atoms with van der Waals surface area (Å²) in [7, 11) is 1.54. The Hall–Kier alpha value is -4.00. The maximum Gasteiger partial charge on any atom is 0.294 e. The molecule has 0 fully saturated rings. The number of aliphatic hydroxyl groups is 1. The lowest BCUT2D eigenvalue weighted by molar-refractivity contribution is -0.117. The number of Topliss-reactive ketones (excluding diaryl/α,β-unsaturated/α-hetero) is 1. The molecule has 0 spiro atoms. The molecule has 1 aliphatic rings. The lowest BCUT2D eigenvalue weighted by Crippen LogP contribution is -2.31. The van der Waals surface area contributed by atoms with E-state index in [1.807, 2.05) is 6.92 Å². The van der Waals surface area contributed by atoms with E-state index in [-0.39, 0.29) is 11.3 Å². The van der Waals surface area contributed by atoms with Crippen molar-refractivity contribution in [3.8, 4) is 11.5 Å². The third-order valence-electron chi connectivity index (χ3n) is 5.18. The number of carbonyl (C=O) groups is 2. The fourth-order valence-corrected chi connectivity index (χ4v) is 3.71. The highest BCUT2D eigenvalue weighted by Crippen LogP contribution is 2.43. The number of nitrogens with zero attached hydrogens (tertiary/aromatic N) is 1. The Morgan fingerprint density at radius 1 is 1.09 bits per heavy atom. The van der Waals surface area contributed by atoms with Crippen molar-refractivity contribution in [3.63, 3.8) is 0 Å². The highest BCUT2D eigenvalue weighted by Gasteiger charge is 2.45. The van der Waals surface area contributed by atoms with Gasteiger partial charge in [-0.25, -0.2) is 0 Å². The number of amides is 1. The molecule has 3 aromatic rings. The second-order valence-electron chi connectivity index (χ2n) is 7.27. The number of furan rings is 1. The van der Waals surface area contributed by atoms with Gasteiger partial charge in [0.25, 0.3) is 5.91 Å². The molecule has 164 valence electrons. The third kappa shape index (κ3) is 3.85. The van der Waals surface area contributed by atoms with Crippen LogP contribution in [0.4, 0.5) is 5.69 Å². The summed E-state index contributed by atoms with van der Waals surface area (Å²) in [5, 5.41) is 10.8. The average Bonchev–Trinajstić information content (AvgIpc) is 3.45. The minimum absolute atomic E-state index is 0.0362. The van der Waals surface area contributed by atoms with Crippen LogP contribution < -0.4 is 14.4 Å². The van der Waals surface area contributed by atoms with Gasteiger partial charge in [-0.05, 0) is 48.4 Å². The van der Waals surface area contributed by atoms with Crippen LogP contribution in [0.3, 0.4) is 0 Å². The van der Waals surface area contributed by atoms with E-state index in [4.69, 9.17) is 13.9 Å². The highest BCUT2D eigenvalue weighted by atomic mass is 16.5. The number of anilines is 1. The normalized spacial score (nSPS) is 15.9. The van der Waals surface area contributed by atoms with Gasteiger partial charge in [-0.2, -0.15) is 0 Å². The van der Waals surface area contributed by atoms with Crippen molar-refractivity contribution < 1.29 is 28.6 Å². The Balaban J connectivity index is 1.84. The van der Waals surface area contributed by atoms with E-state index in [2.05, 4.69) is 0 Å². The predicted octanol–water partition coefficient (Wildman–Crippen LogP) is 4.86. The van der Waals surface area contributed by atoms with E-state index < -0.39 is 23.5 Å². The smallest absolute Gasteiger partial charge is 0.294 e. The fraction of sp³-hybridized carbons (Fsp3) is 0.200. The maximum absolute atomic E-state index is 13.2. The van der Waals surface area contributed by atoms with Gasteiger partial charge in [-0.3, -0.25) is 14.5 Å². The summed E-state index contributed by atoms with van der Waals surface area (Å²) >= 11 is 0. The standard InChI is InChI=1S/C25H23NO6/c1-3-12-31-19-10-5-8-17(15-19)26-22(16-7-4-9-18(14-16)30-2)21(24(28)25(26)29)23(27)20-11-6-13-32-20/h4-11,13-15,22,28H,3,12H2,1-2H3. The molecule has 32 heavy (non-hydrogen) atoms. The first kappa shape index (κ1) is 21.2. The van der Waals surface area contributed by atoms with Crippen molar-refractivity contribution in [2.75, 3.05) is 18.6 Å². The minimum Gasteiger partial charge on any atom is -0.503 e. The molecule has 1 amide bonds. The van der Waals surface area contributed by atoms with Gasteiger partial charge in [0.05, 0.1) is 31.6 Å². The zero-order chi connectivity index (χ0) is 22.7. The Kier molecular flexibility index (Phi) is 5.98. The van der Waals surface area contributed by atoms with Gasteiger partial charge in [0.15, 0.2) is 11.5 Å². The number of methoxy groups -OCH3 is 1. The van der Waals surface area contributed by atoms with Crippen LogP contribution in [-0.4, -0.2) is 30.5 Å². The fourth-order valence-electron chi connectivity index (χ4n) is 3.71. The molecule has 2 aromatic carbocycles. The molecule has 1 unspecified atom stereocenters. The molecule has 4 rings (SSSR count). The summed E-state index contributed by atoms with van der Waals surface area (Å²) in [5.41, 5.74) is 1.04. The minimum atomic E-state index is -0.878. The summed E-state index contributed by atoms with van der Waals surface area (Å²) in [6.45, 7) is 2.53. The summed E-state index contributed by atoms with van der Waals surface area (Å²) in [5.74, 6) is -0.666. The number of benzene rings is 2. The number of ketones is 1. The van der Waals surface area contributed by atoms with Crippen LogP contribution in [0.2, 0.25) is 0 Å². The quantitative estimate of drug-likeness (QED) is 0.511. The monoisotopic (exact) mass is 433 g/mol. The number of rotatable bonds is 8. The molecule has 1 aromatic heterocycles. The molecule has 7 nitrogen and oxygen atoms in total. The van der Waals surface area contributed by atoms with Gasteiger partial charge < -0.3 is 19.0 Å². The molecular weight excluding hydrogens is 410 g/mol. The Bertz CT molecular complexity index is 1160. The lowest BCUT2D eigenvalue weighted by atomic mass is 9.94. The molecular formula is C25H23NO6. The summed E-state index contributed by atoms with van der Waals surface area (Å²) in [6.07, 6.45) is 2.21. The molecule has 7 heteroatoms. The van der Waals surface area contributed by atoms with Gasteiger partial charge in [0, 0.05) is 11.8 Å². The second kappa shape index (κ2) is 9.01. The van der Waals surface area contributed by atoms with Gasteiger partial charge in [0.2, 0.25) is 5.78 Å². The van der Waals surface area contributed by atoms with Gasteiger partial charge in [-0.15, -0.1) is 0 Å². The topological polar surface area (TPSA) is 89.2 Å². The molecule has 1 atom stereocenters.